The van der Waals surface area contributed by atoms with Crippen LogP contribution in [-0.2, 0) is 35.1 Å². The molecule has 166 valence electrons. The van der Waals surface area contributed by atoms with Gasteiger partial charge in [-0.15, -0.1) is 0 Å². The number of carbonyl (C=O) groups excluding carboxylic acids is 5. The molecular weight excluding hydrogens is 402 g/mol. The van der Waals surface area contributed by atoms with Crippen molar-refractivity contribution >= 4 is 29.5 Å². The molecule has 31 heavy (non-hydrogen) atoms. The first-order valence-electron chi connectivity index (χ1n) is 10.4. The largest absolute Gasteiger partial charge is 0.467 e. The van der Waals surface area contributed by atoms with Gasteiger partial charge < -0.3 is 20.7 Å². The van der Waals surface area contributed by atoms with Crippen LogP contribution in [0.3, 0.4) is 0 Å². The van der Waals surface area contributed by atoms with Crippen LogP contribution < -0.4 is 16.0 Å². The highest BCUT2D eigenvalue weighted by Crippen LogP contribution is 2.25. The average molecular weight is 429 g/mol. The normalized spacial score (nSPS) is 24.5. The standard InChI is InChI=1S/C22H27N3O6/c1-31-22(30)19(14-8-5-9-15(26)11-14)25-18(27)12-17-21(29)23-16(20(28)24-17)10-13-6-3-2-4-7-13/h2-4,6-7,14,16-17,19H,5,8-12H2,1H3,(H,23,29)(H,24,28)(H,25,27)/t14-,16+,17+,19+/m1/s1. The maximum Gasteiger partial charge on any atom is 0.328 e. The van der Waals surface area contributed by atoms with Gasteiger partial charge in [-0.2, -0.15) is 0 Å². The molecule has 3 rings (SSSR count). The molecule has 1 saturated carbocycles. The van der Waals surface area contributed by atoms with Crippen molar-refractivity contribution < 1.29 is 28.7 Å². The summed E-state index contributed by atoms with van der Waals surface area (Å²) in [4.78, 5) is 61.4. The molecule has 0 bridgehead atoms. The summed E-state index contributed by atoms with van der Waals surface area (Å²) in [6, 6.07) is 6.57. The summed E-state index contributed by atoms with van der Waals surface area (Å²) in [5.74, 6) is -2.34. The van der Waals surface area contributed by atoms with Gasteiger partial charge in [0.2, 0.25) is 17.7 Å². The highest BCUT2D eigenvalue weighted by molar-refractivity contribution is 5.99. The first kappa shape index (κ1) is 22.5. The van der Waals surface area contributed by atoms with E-state index in [2.05, 4.69) is 16.0 Å². The number of hydrogen-bond donors (Lipinski definition) is 3. The van der Waals surface area contributed by atoms with Crippen molar-refractivity contribution in [3.05, 3.63) is 35.9 Å². The Kier molecular flexibility index (Phi) is 7.38. The molecule has 0 spiro atoms. The molecule has 0 unspecified atom stereocenters. The number of carbonyl (C=O) groups is 5. The van der Waals surface area contributed by atoms with Crippen LogP contribution in [0.15, 0.2) is 30.3 Å². The Morgan fingerprint density at radius 2 is 1.77 bits per heavy atom. The fourth-order valence-electron chi connectivity index (χ4n) is 4.07. The van der Waals surface area contributed by atoms with Crippen LogP contribution in [0.4, 0.5) is 0 Å². The highest BCUT2D eigenvalue weighted by Gasteiger charge is 2.37. The maximum absolute atomic E-state index is 12.6. The Balaban J connectivity index is 1.57. The third kappa shape index (κ3) is 5.90. The lowest BCUT2D eigenvalue weighted by atomic mass is 9.83. The quantitative estimate of drug-likeness (QED) is 0.524. The van der Waals surface area contributed by atoms with Gasteiger partial charge in [0.15, 0.2) is 0 Å². The van der Waals surface area contributed by atoms with E-state index in [-0.39, 0.29) is 30.4 Å². The number of benzene rings is 1. The smallest absolute Gasteiger partial charge is 0.328 e. The van der Waals surface area contributed by atoms with E-state index >= 15 is 0 Å². The SMILES string of the molecule is COC(=O)[C@@H](NC(=O)C[C@@H]1NC(=O)[C@H](Cc2ccccc2)NC1=O)[C@@H]1CCCC(=O)C1. The molecule has 1 aliphatic heterocycles. The molecule has 9 nitrogen and oxygen atoms in total. The summed E-state index contributed by atoms with van der Waals surface area (Å²) in [6.45, 7) is 0. The van der Waals surface area contributed by atoms with Crippen molar-refractivity contribution in [2.75, 3.05) is 7.11 Å². The Labute approximate surface area is 180 Å². The molecule has 1 aliphatic carbocycles. The number of ketones is 1. The summed E-state index contributed by atoms with van der Waals surface area (Å²) in [6.07, 6.45) is 1.96. The summed E-state index contributed by atoms with van der Waals surface area (Å²) in [7, 11) is 1.22. The first-order valence-corrected chi connectivity index (χ1v) is 10.4. The molecule has 0 aromatic heterocycles. The third-order valence-corrected chi connectivity index (χ3v) is 5.70. The topological polar surface area (TPSA) is 131 Å². The predicted molar refractivity (Wildman–Crippen MR) is 110 cm³/mol. The number of amides is 3. The van der Waals surface area contributed by atoms with E-state index in [1.165, 1.54) is 7.11 Å². The number of methoxy groups -OCH3 is 1. The van der Waals surface area contributed by atoms with Crippen LogP contribution in [0.2, 0.25) is 0 Å². The van der Waals surface area contributed by atoms with Crippen molar-refractivity contribution in [1.82, 2.24) is 16.0 Å². The van der Waals surface area contributed by atoms with E-state index in [9.17, 15) is 24.0 Å². The second-order valence-corrected chi connectivity index (χ2v) is 7.98. The van der Waals surface area contributed by atoms with E-state index in [0.717, 1.165) is 5.56 Å². The van der Waals surface area contributed by atoms with Gasteiger partial charge in [-0.05, 0) is 24.3 Å². The molecule has 3 N–H and O–H groups in total. The molecule has 1 saturated heterocycles. The predicted octanol–water partition coefficient (Wildman–Crippen LogP) is 0.0195. The second kappa shape index (κ2) is 10.2. The van der Waals surface area contributed by atoms with Crippen molar-refractivity contribution in [3.8, 4) is 0 Å². The molecule has 3 amide bonds. The average Bonchev–Trinajstić information content (AvgIpc) is 2.75. The lowest BCUT2D eigenvalue weighted by Crippen LogP contribution is -2.63. The van der Waals surface area contributed by atoms with Crippen molar-refractivity contribution in [3.63, 3.8) is 0 Å². The Hall–Kier alpha value is -3.23. The van der Waals surface area contributed by atoms with Crippen LogP contribution in [0.1, 0.15) is 37.7 Å². The Morgan fingerprint density at radius 3 is 2.45 bits per heavy atom. The number of Topliss-reactive ketones (excluding diaryl/α,β-unsaturated/α-hetero) is 1. The summed E-state index contributed by atoms with van der Waals surface area (Å²) in [5.41, 5.74) is 0.905. The maximum atomic E-state index is 12.6. The minimum atomic E-state index is -1.04. The van der Waals surface area contributed by atoms with E-state index < -0.39 is 35.9 Å². The van der Waals surface area contributed by atoms with Crippen LogP contribution in [0.25, 0.3) is 0 Å². The molecule has 1 aromatic rings. The molecule has 1 aromatic carbocycles. The molecule has 4 atom stereocenters. The van der Waals surface area contributed by atoms with E-state index in [1.54, 1.807) is 0 Å². The van der Waals surface area contributed by atoms with Gasteiger partial charge in [-0.1, -0.05) is 30.3 Å². The Bertz CT molecular complexity index is 856. The number of nitrogens with one attached hydrogen (secondary N) is 3. The molecule has 9 heteroatoms. The number of esters is 1. The molecule has 0 radical (unpaired) electrons. The van der Waals surface area contributed by atoms with Crippen LogP contribution in [0, 0.1) is 5.92 Å². The van der Waals surface area contributed by atoms with Gasteiger partial charge in [0.1, 0.15) is 23.9 Å². The van der Waals surface area contributed by atoms with Crippen molar-refractivity contribution in [2.45, 2.75) is 56.7 Å². The highest BCUT2D eigenvalue weighted by atomic mass is 16.5. The van der Waals surface area contributed by atoms with Crippen molar-refractivity contribution in [1.29, 1.82) is 0 Å². The van der Waals surface area contributed by atoms with Gasteiger partial charge in [0, 0.05) is 19.3 Å². The number of ether oxygens (including phenoxy) is 1. The fraction of sp³-hybridized carbons (Fsp3) is 0.500. The number of rotatable bonds is 7. The van der Waals surface area contributed by atoms with Gasteiger partial charge in [0.05, 0.1) is 13.5 Å². The molecule has 2 fully saturated rings. The monoisotopic (exact) mass is 429 g/mol. The number of hydrogen-bond acceptors (Lipinski definition) is 6. The Morgan fingerprint density at radius 1 is 1.10 bits per heavy atom. The van der Waals surface area contributed by atoms with Crippen LogP contribution >= 0.6 is 0 Å². The van der Waals surface area contributed by atoms with Crippen LogP contribution in [-0.4, -0.2) is 54.7 Å². The zero-order valence-electron chi connectivity index (χ0n) is 17.4. The molecule has 1 heterocycles. The van der Waals surface area contributed by atoms with E-state index in [1.807, 2.05) is 30.3 Å². The van der Waals surface area contributed by atoms with E-state index in [4.69, 9.17) is 4.74 Å². The molecular formula is C22H27N3O6. The second-order valence-electron chi connectivity index (χ2n) is 7.98. The summed E-state index contributed by atoms with van der Waals surface area (Å²) < 4.78 is 4.79. The number of piperazine rings is 1. The summed E-state index contributed by atoms with van der Waals surface area (Å²) >= 11 is 0. The summed E-state index contributed by atoms with van der Waals surface area (Å²) in [5, 5.41) is 7.84. The van der Waals surface area contributed by atoms with E-state index in [0.29, 0.717) is 25.7 Å². The zero-order chi connectivity index (χ0) is 22.4. The minimum absolute atomic E-state index is 0.0442. The van der Waals surface area contributed by atoms with Crippen LogP contribution in [0.5, 0.6) is 0 Å². The van der Waals surface area contributed by atoms with Gasteiger partial charge in [-0.3, -0.25) is 19.2 Å². The molecule has 2 aliphatic rings. The van der Waals surface area contributed by atoms with Crippen molar-refractivity contribution in [2.24, 2.45) is 5.92 Å². The van der Waals surface area contributed by atoms with Gasteiger partial charge in [-0.25, -0.2) is 4.79 Å². The van der Waals surface area contributed by atoms with Gasteiger partial charge >= 0.3 is 5.97 Å². The first-order chi connectivity index (χ1) is 14.9. The minimum Gasteiger partial charge on any atom is -0.467 e. The lowest BCUT2D eigenvalue weighted by molar-refractivity contribution is -0.148. The van der Waals surface area contributed by atoms with Gasteiger partial charge in [0.25, 0.3) is 0 Å². The zero-order valence-corrected chi connectivity index (χ0v) is 17.4. The fourth-order valence-corrected chi connectivity index (χ4v) is 4.07. The third-order valence-electron chi connectivity index (χ3n) is 5.70. The lowest BCUT2D eigenvalue weighted by Gasteiger charge is -2.31.